The third-order valence-corrected chi connectivity index (χ3v) is 5.06. The number of carbonyl (C=O) groups is 1. The number of phenols is 1. The Labute approximate surface area is 177 Å². The molecule has 1 N–H and O–H groups in total. The summed E-state index contributed by atoms with van der Waals surface area (Å²) in [5.41, 5.74) is 3.89. The van der Waals surface area contributed by atoms with Crippen molar-refractivity contribution in [3.63, 3.8) is 0 Å². The molecule has 158 valence electrons. The van der Waals surface area contributed by atoms with E-state index in [4.69, 9.17) is 4.74 Å². The van der Waals surface area contributed by atoms with Crippen molar-refractivity contribution in [2.75, 3.05) is 0 Å². The second kappa shape index (κ2) is 9.29. The summed E-state index contributed by atoms with van der Waals surface area (Å²) in [5.74, 6) is -0.680. The fraction of sp³-hybridized carbons (Fsp3) is 0.346. The Hall–Kier alpha value is -2.88. The van der Waals surface area contributed by atoms with Crippen LogP contribution < -0.4 is 0 Å². The van der Waals surface area contributed by atoms with E-state index in [0.29, 0.717) is 5.56 Å². The van der Waals surface area contributed by atoms with Crippen LogP contribution in [-0.2, 0) is 9.53 Å². The molecule has 4 heteroatoms. The third kappa shape index (κ3) is 5.82. The maximum absolute atomic E-state index is 14.9. The van der Waals surface area contributed by atoms with Gasteiger partial charge in [0.2, 0.25) is 0 Å². The minimum absolute atomic E-state index is 0.209. The topological polar surface area (TPSA) is 46.5 Å². The summed E-state index contributed by atoms with van der Waals surface area (Å²) in [6.07, 6.45) is 8.18. The molecule has 3 nitrogen and oxygen atoms in total. The lowest BCUT2D eigenvalue weighted by Crippen LogP contribution is -2.22. The number of ether oxygens (including phenoxy) is 1. The van der Waals surface area contributed by atoms with Gasteiger partial charge >= 0.3 is 5.97 Å². The minimum atomic E-state index is -0.588. The zero-order chi connectivity index (χ0) is 21.7. The van der Waals surface area contributed by atoms with E-state index in [1.807, 2.05) is 18.2 Å². The fourth-order valence-corrected chi connectivity index (χ4v) is 3.74. The van der Waals surface area contributed by atoms with Gasteiger partial charge in [-0.1, -0.05) is 36.3 Å². The Balaban J connectivity index is 1.93. The van der Waals surface area contributed by atoms with Crippen LogP contribution in [-0.4, -0.2) is 16.7 Å². The Morgan fingerprint density at radius 2 is 1.63 bits per heavy atom. The number of hydrogen-bond acceptors (Lipinski definition) is 3. The molecule has 0 unspecified atom stereocenters. The summed E-state index contributed by atoms with van der Waals surface area (Å²) in [6, 6.07) is 12.2. The Kier molecular flexibility index (Phi) is 6.76. The summed E-state index contributed by atoms with van der Waals surface area (Å²) < 4.78 is 20.1. The Morgan fingerprint density at radius 3 is 2.23 bits per heavy atom. The van der Waals surface area contributed by atoms with Gasteiger partial charge in [-0.05, 0) is 87.4 Å². The summed E-state index contributed by atoms with van der Waals surface area (Å²) in [7, 11) is 0. The molecule has 2 aromatic rings. The standard InChI is InChI=1S/C26H29FO3/c1-26(2,3)30-24(29)16-13-18-9-10-21(17-23(18)27)25(19-7-5-4-6-8-19)20-11-14-22(28)15-12-20/h9-17,28H,4-8H2,1-3H3. The van der Waals surface area contributed by atoms with Gasteiger partial charge in [0.05, 0.1) is 0 Å². The van der Waals surface area contributed by atoms with Crippen LogP contribution in [0.1, 0.15) is 69.6 Å². The van der Waals surface area contributed by atoms with Gasteiger partial charge in [-0.15, -0.1) is 0 Å². The number of rotatable bonds is 4. The molecule has 1 aliphatic rings. The molecule has 1 aliphatic carbocycles. The smallest absolute Gasteiger partial charge is 0.331 e. The highest BCUT2D eigenvalue weighted by Gasteiger charge is 2.17. The first-order chi connectivity index (χ1) is 14.2. The molecule has 2 aromatic carbocycles. The van der Waals surface area contributed by atoms with E-state index in [2.05, 4.69) is 0 Å². The summed E-state index contributed by atoms with van der Waals surface area (Å²) in [5, 5.41) is 9.65. The van der Waals surface area contributed by atoms with Gasteiger partial charge in [-0.25, -0.2) is 9.18 Å². The van der Waals surface area contributed by atoms with Crippen LogP contribution >= 0.6 is 0 Å². The van der Waals surface area contributed by atoms with Crippen LogP contribution in [0.15, 0.2) is 54.1 Å². The van der Waals surface area contributed by atoms with E-state index in [9.17, 15) is 14.3 Å². The van der Waals surface area contributed by atoms with Crippen LogP contribution in [0.5, 0.6) is 5.75 Å². The zero-order valence-electron chi connectivity index (χ0n) is 17.9. The van der Waals surface area contributed by atoms with E-state index < -0.39 is 11.6 Å². The van der Waals surface area contributed by atoms with Crippen molar-refractivity contribution in [2.45, 2.75) is 58.5 Å². The first kappa shape index (κ1) is 21.8. The maximum atomic E-state index is 14.9. The van der Waals surface area contributed by atoms with Crippen LogP contribution in [0.3, 0.4) is 0 Å². The molecule has 0 aliphatic heterocycles. The second-order valence-electron chi connectivity index (χ2n) is 8.69. The van der Waals surface area contributed by atoms with E-state index in [0.717, 1.165) is 42.4 Å². The monoisotopic (exact) mass is 408 g/mol. The average molecular weight is 409 g/mol. The van der Waals surface area contributed by atoms with E-state index >= 15 is 0 Å². The highest BCUT2D eigenvalue weighted by molar-refractivity contribution is 5.88. The average Bonchev–Trinajstić information content (AvgIpc) is 2.68. The zero-order valence-corrected chi connectivity index (χ0v) is 17.9. The number of benzene rings is 2. The third-order valence-electron chi connectivity index (χ3n) is 5.06. The lowest BCUT2D eigenvalue weighted by molar-refractivity contribution is -0.148. The van der Waals surface area contributed by atoms with Crippen molar-refractivity contribution in [3.8, 4) is 5.75 Å². The van der Waals surface area contributed by atoms with Gasteiger partial charge in [0, 0.05) is 11.6 Å². The molecule has 30 heavy (non-hydrogen) atoms. The molecule has 0 bridgehead atoms. The molecule has 3 rings (SSSR count). The van der Waals surface area contributed by atoms with Gasteiger partial charge in [0.1, 0.15) is 17.2 Å². The minimum Gasteiger partial charge on any atom is -0.508 e. The summed E-state index contributed by atoms with van der Waals surface area (Å²) >= 11 is 0. The van der Waals surface area contributed by atoms with Crippen LogP contribution in [0.2, 0.25) is 0 Å². The van der Waals surface area contributed by atoms with Crippen molar-refractivity contribution >= 4 is 17.6 Å². The number of phenolic OH excluding ortho intramolecular Hbond substituents is 1. The predicted molar refractivity (Wildman–Crippen MR) is 118 cm³/mol. The first-order valence-electron chi connectivity index (χ1n) is 10.5. The second-order valence-corrected chi connectivity index (χ2v) is 8.69. The van der Waals surface area contributed by atoms with Crippen molar-refractivity contribution in [3.05, 3.63) is 76.6 Å². The van der Waals surface area contributed by atoms with Crippen molar-refractivity contribution in [1.82, 2.24) is 0 Å². The molecule has 0 atom stereocenters. The predicted octanol–water partition coefficient (Wildman–Crippen LogP) is 6.65. The molecule has 0 amide bonds. The number of aromatic hydroxyl groups is 1. The van der Waals surface area contributed by atoms with Crippen LogP contribution in [0, 0.1) is 5.82 Å². The largest absolute Gasteiger partial charge is 0.508 e. The molecule has 0 saturated heterocycles. The lowest BCUT2D eigenvalue weighted by atomic mass is 9.85. The number of carbonyl (C=O) groups excluding carboxylic acids is 1. The van der Waals surface area contributed by atoms with E-state index in [-0.39, 0.29) is 11.6 Å². The Bertz CT molecular complexity index is 955. The number of hydrogen-bond donors (Lipinski definition) is 1. The van der Waals surface area contributed by atoms with Gasteiger partial charge in [-0.2, -0.15) is 0 Å². The summed E-state index contributed by atoms with van der Waals surface area (Å²) in [6.45, 7) is 5.37. The molecule has 0 spiro atoms. The van der Waals surface area contributed by atoms with Crippen molar-refractivity contribution < 1.29 is 19.0 Å². The van der Waals surface area contributed by atoms with E-state index in [1.165, 1.54) is 30.2 Å². The normalized spacial score (nSPS) is 14.7. The number of esters is 1. The van der Waals surface area contributed by atoms with Gasteiger partial charge in [0.25, 0.3) is 0 Å². The SMILES string of the molecule is CC(C)(C)OC(=O)C=Cc1ccc(C(=C2CCCCC2)c2ccc(O)cc2)cc1F. The van der Waals surface area contributed by atoms with Crippen LogP contribution in [0.25, 0.3) is 11.6 Å². The highest BCUT2D eigenvalue weighted by Crippen LogP contribution is 2.36. The Morgan fingerprint density at radius 1 is 1.00 bits per heavy atom. The molecular weight excluding hydrogens is 379 g/mol. The number of allylic oxidation sites excluding steroid dienone is 1. The van der Waals surface area contributed by atoms with Crippen molar-refractivity contribution in [2.24, 2.45) is 0 Å². The number of halogens is 1. The van der Waals surface area contributed by atoms with Crippen molar-refractivity contribution in [1.29, 1.82) is 0 Å². The fourth-order valence-electron chi connectivity index (χ4n) is 3.74. The summed E-state index contributed by atoms with van der Waals surface area (Å²) in [4.78, 5) is 11.9. The van der Waals surface area contributed by atoms with Gasteiger partial charge < -0.3 is 9.84 Å². The van der Waals surface area contributed by atoms with Gasteiger partial charge in [0.15, 0.2) is 0 Å². The molecule has 0 radical (unpaired) electrons. The molecule has 1 fully saturated rings. The molecule has 0 aromatic heterocycles. The quantitative estimate of drug-likeness (QED) is 0.455. The van der Waals surface area contributed by atoms with E-state index in [1.54, 1.807) is 39.0 Å². The van der Waals surface area contributed by atoms with Gasteiger partial charge in [-0.3, -0.25) is 0 Å². The maximum Gasteiger partial charge on any atom is 0.331 e. The first-order valence-corrected chi connectivity index (χ1v) is 10.5. The molecule has 1 saturated carbocycles. The van der Waals surface area contributed by atoms with Crippen LogP contribution in [0.4, 0.5) is 4.39 Å². The highest BCUT2D eigenvalue weighted by atomic mass is 19.1. The molecule has 0 heterocycles. The molecular formula is C26H29FO3. The lowest BCUT2D eigenvalue weighted by Gasteiger charge is -2.20.